The fourth-order valence-corrected chi connectivity index (χ4v) is 1.32. The zero-order valence-corrected chi connectivity index (χ0v) is 14.0. The van der Waals surface area contributed by atoms with Crippen LogP contribution < -0.4 is 5.32 Å². The van der Waals surface area contributed by atoms with Crippen LogP contribution in [0.4, 0.5) is 5.69 Å². The lowest BCUT2D eigenvalue weighted by atomic mass is 10.2. The number of nitrogens with zero attached hydrogens (tertiary/aromatic N) is 2. The normalized spacial score (nSPS) is 10.4. The molecule has 1 aromatic carbocycles. The van der Waals surface area contributed by atoms with Gasteiger partial charge in [0, 0.05) is 16.9 Å². The Morgan fingerprint density at radius 2 is 1.76 bits per heavy atom. The van der Waals surface area contributed by atoms with Gasteiger partial charge in [0.15, 0.2) is 0 Å². The van der Waals surface area contributed by atoms with E-state index in [0.717, 1.165) is 17.1 Å². The lowest BCUT2D eigenvalue weighted by Crippen LogP contribution is -1.99. The lowest BCUT2D eigenvalue weighted by molar-refractivity contribution is 1.20. The Bertz CT molecular complexity index is 553. The van der Waals surface area contributed by atoms with Crippen LogP contribution in [-0.2, 0) is 0 Å². The third-order valence-electron chi connectivity index (χ3n) is 2.26. The zero-order valence-electron chi connectivity index (χ0n) is 13.2. The highest BCUT2D eigenvalue weighted by atomic mass is 35.5. The van der Waals surface area contributed by atoms with Gasteiger partial charge in [0.1, 0.15) is 5.82 Å². The number of halogens is 1. The molecule has 0 atom stereocenters. The second-order valence-electron chi connectivity index (χ2n) is 4.19. The fourth-order valence-electron chi connectivity index (χ4n) is 1.27. The Morgan fingerprint density at radius 3 is 2.19 bits per heavy atom. The molecule has 0 radical (unpaired) electrons. The van der Waals surface area contributed by atoms with Gasteiger partial charge in [-0.25, -0.2) is 4.99 Å². The molecular weight excluding hydrogens is 282 g/mol. The van der Waals surface area contributed by atoms with Crippen molar-refractivity contribution in [1.29, 1.82) is 5.26 Å². The first-order valence-electron chi connectivity index (χ1n) is 6.84. The van der Waals surface area contributed by atoms with Crippen molar-refractivity contribution in [3.05, 3.63) is 52.3 Å². The van der Waals surface area contributed by atoms with Crippen molar-refractivity contribution in [3.63, 3.8) is 0 Å². The summed E-state index contributed by atoms with van der Waals surface area (Å²) >= 11 is 5.74. The summed E-state index contributed by atoms with van der Waals surface area (Å²) < 4.78 is 0. The minimum absolute atomic E-state index is 0.633. The summed E-state index contributed by atoms with van der Waals surface area (Å²) in [5, 5.41) is 12.6. The number of aliphatic imine (C=N–C) groups is 1. The van der Waals surface area contributed by atoms with E-state index in [4.69, 9.17) is 16.9 Å². The van der Waals surface area contributed by atoms with Crippen LogP contribution in [0.3, 0.4) is 0 Å². The Kier molecular flexibility index (Phi) is 9.66. The SMILES string of the molecule is CC.CC(C)=C(/N=C\C=C(/C)Cl)Nc1ccc(C#N)cc1. The number of nitrogens with one attached hydrogen (secondary N) is 1. The Morgan fingerprint density at radius 1 is 1.19 bits per heavy atom. The summed E-state index contributed by atoms with van der Waals surface area (Å²) in [5.74, 6) is 0.763. The summed E-state index contributed by atoms with van der Waals surface area (Å²) in [5.41, 5.74) is 2.58. The molecule has 0 saturated carbocycles. The Balaban J connectivity index is 0.00000191. The predicted octanol–water partition coefficient (Wildman–Crippen LogP) is 5.46. The van der Waals surface area contributed by atoms with Crippen molar-refractivity contribution < 1.29 is 0 Å². The highest BCUT2D eigenvalue weighted by Gasteiger charge is 1.98. The average Bonchev–Trinajstić information content (AvgIpc) is 2.48. The van der Waals surface area contributed by atoms with Crippen LogP contribution in [0.1, 0.15) is 40.2 Å². The van der Waals surface area contributed by atoms with Gasteiger partial charge in [0.05, 0.1) is 11.6 Å². The molecule has 1 rings (SSSR count). The summed E-state index contributed by atoms with van der Waals surface area (Å²) in [6, 6.07) is 9.30. The van der Waals surface area contributed by atoms with E-state index in [9.17, 15) is 0 Å². The predicted molar refractivity (Wildman–Crippen MR) is 92.6 cm³/mol. The molecule has 1 N–H and O–H groups in total. The molecule has 1 aromatic rings. The molecule has 3 nitrogen and oxygen atoms in total. The van der Waals surface area contributed by atoms with Crippen LogP contribution in [0.2, 0.25) is 0 Å². The molecule has 0 spiro atoms. The second-order valence-corrected chi connectivity index (χ2v) is 4.79. The smallest absolute Gasteiger partial charge is 0.128 e. The third-order valence-corrected chi connectivity index (χ3v) is 2.38. The van der Waals surface area contributed by atoms with E-state index in [1.165, 1.54) is 0 Å². The van der Waals surface area contributed by atoms with Crippen LogP contribution in [0.5, 0.6) is 0 Å². The van der Waals surface area contributed by atoms with Crippen LogP contribution in [-0.4, -0.2) is 6.21 Å². The zero-order chi connectivity index (χ0) is 16.3. The van der Waals surface area contributed by atoms with Crippen LogP contribution in [0.25, 0.3) is 0 Å². The molecule has 0 aliphatic rings. The topological polar surface area (TPSA) is 48.2 Å². The molecule has 4 heteroatoms. The Hall–Kier alpha value is -2.05. The van der Waals surface area contributed by atoms with Gasteiger partial charge in [-0.2, -0.15) is 5.26 Å². The molecule has 0 saturated heterocycles. The van der Waals surface area contributed by atoms with E-state index < -0.39 is 0 Å². The second kappa shape index (κ2) is 10.7. The molecule has 21 heavy (non-hydrogen) atoms. The van der Waals surface area contributed by atoms with Crippen LogP contribution in [0, 0.1) is 11.3 Å². The minimum atomic E-state index is 0.633. The summed E-state index contributed by atoms with van der Waals surface area (Å²) in [6.07, 6.45) is 3.38. The maximum absolute atomic E-state index is 8.74. The monoisotopic (exact) mass is 303 g/mol. The number of allylic oxidation sites excluding steroid dienone is 3. The van der Waals surface area contributed by atoms with Gasteiger partial charge in [-0.15, -0.1) is 0 Å². The van der Waals surface area contributed by atoms with E-state index in [-0.39, 0.29) is 0 Å². The molecule has 0 amide bonds. The molecule has 0 heterocycles. The lowest BCUT2D eigenvalue weighted by Gasteiger charge is -2.08. The van der Waals surface area contributed by atoms with E-state index in [1.54, 1.807) is 31.3 Å². The van der Waals surface area contributed by atoms with Gasteiger partial charge in [-0.1, -0.05) is 25.4 Å². The summed E-state index contributed by atoms with van der Waals surface area (Å²) in [6.45, 7) is 9.74. The van der Waals surface area contributed by atoms with E-state index in [2.05, 4.69) is 16.4 Å². The minimum Gasteiger partial charge on any atom is -0.340 e. The van der Waals surface area contributed by atoms with E-state index >= 15 is 0 Å². The molecular formula is C17H22ClN3. The van der Waals surface area contributed by atoms with Crippen LogP contribution in [0.15, 0.2) is 51.8 Å². The standard InChI is InChI=1S/C15H16ClN3.C2H6/c1-11(2)15(18-9-8-12(3)16)19-14-6-4-13(10-17)5-7-14;1-2/h4-9,19H,1-3H3;1-2H3/b12-8+,18-9-;. The van der Waals surface area contributed by atoms with Gasteiger partial charge in [0.2, 0.25) is 0 Å². The molecule has 0 aliphatic heterocycles. The van der Waals surface area contributed by atoms with Crippen molar-refractivity contribution in [1.82, 2.24) is 0 Å². The van der Waals surface area contributed by atoms with Gasteiger partial charge < -0.3 is 5.32 Å². The number of benzene rings is 1. The first kappa shape index (κ1) is 18.9. The largest absolute Gasteiger partial charge is 0.340 e. The number of hydrogen-bond donors (Lipinski definition) is 1. The van der Waals surface area contributed by atoms with Crippen molar-refractivity contribution in [2.24, 2.45) is 4.99 Å². The van der Waals surface area contributed by atoms with Crippen LogP contribution >= 0.6 is 11.6 Å². The number of anilines is 1. The summed E-state index contributed by atoms with van der Waals surface area (Å²) in [4.78, 5) is 4.32. The number of rotatable bonds is 4. The van der Waals surface area contributed by atoms with Crippen molar-refractivity contribution in [2.75, 3.05) is 5.32 Å². The maximum Gasteiger partial charge on any atom is 0.128 e. The quantitative estimate of drug-likeness (QED) is 0.751. The highest BCUT2D eigenvalue weighted by Crippen LogP contribution is 2.14. The van der Waals surface area contributed by atoms with Gasteiger partial charge in [0.25, 0.3) is 0 Å². The van der Waals surface area contributed by atoms with Crippen molar-refractivity contribution in [3.8, 4) is 6.07 Å². The fraction of sp³-hybridized carbons (Fsp3) is 0.294. The van der Waals surface area contributed by atoms with Gasteiger partial charge in [-0.05, 0) is 56.7 Å². The number of hydrogen-bond acceptors (Lipinski definition) is 3. The van der Waals surface area contributed by atoms with Crippen molar-refractivity contribution >= 4 is 23.5 Å². The van der Waals surface area contributed by atoms with Gasteiger partial charge >= 0.3 is 0 Å². The average molecular weight is 304 g/mol. The summed E-state index contributed by atoms with van der Waals surface area (Å²) in [7, 11) is 0. The van der Waals surface area contributed by atoms with Crippen molar-refractivity contribution in [2.45, 2.75) is 34.6 Å². The number of nitriles is 1. The molecule has 0 bridgehead atoms. The first-order chi connectivity index (χ1) is 10.0. The van der Waals surface area contributed by atoms with Gasteiger partial charge in [-0.3, -0.25) is 0 Å². The van der Waals surface area contributed by atoms with E-state index in [0.29, 0.717) is 10.6 Å². The Labute approximate surface area is 132 Å². The molecule has 0 unspecified atom stereocenters. The molecule has 0 aromatic heterocycles. The molecule has 112 valence electrons. The first-order valence-corrected chi connectivity index (χ1v) is 7.22. The highest BCUT2D eigenvalue weighted by molar-refractivity contribution is 6.30. The molecule has 0 aliphatic carbocycles. The third kappa shape index (κ3) is 7.96. The molecule has 0 fully saturated rings. The maximum atomic E-state index is 8.74. The van der Waals surface area contributed by atoms with E-state index in [1.807, 2.05) is 39.8 Å².